The molecule has 2 aromatic rings. The Balaban J connectivity index is 1.48. The summed E-state index contributed by atoms with van der Waals surface area (Å²) in [5, 5.41) is 2.95. The lowest BCUT2D eigenvalue weighted by atomic mass is 10.1. The van der Waals surface area contributed by atoms with Gasteiger partial charge in [0.05, 0.1) is 6.04 Å². The number of anilines is 1. The first kappa shape index (κ1) is 18.4. The lowest BCUT2D eigenvalue weighted by Gasteiger charge is -2.38. The average molecular weight is 355 g/mol. The van der Waals surface area contributed by atoms with Gasteiger partial charge in [0, 0.05) is 38.4 Å². The molecule has 3 rings (SSSR count). The average Bonchev–Trinajstić information content (AvgIpc) is 2.67. The first-order valence-corrected chi connectivity index (χ1v) is 9.11. The zero-order valence-corrected chi connectivity index (χ0v) is 15.4. The second kappa shape index (κ2) is 8.32. The van der Waals surface area contributed by atoms with Gasteiger partial charge in [-0.25, -0.2) is 4.39 Å². The quantitative estimate of drug-likeness (QED) is 0.896. The number of nitrogens with one attached hydrogen (secondary N) is 1. The van der Waals surface area contributed by atoms with Crippen molar-refractivity contribution in [2.24, 2.45) is 0 Å². The fourth-order valence-electron chi connectivity index (χ4n) is 3.23. The zero-order valence-electron chi connectivity index (χ0n) is 15.4. The number of nitrogens with zero attached hydrogens (tertiary/aromatic N) is 2. The van der Waals surface area contributed by atoms with E-state index in [0.717, 1.165) is 31.7 Å². The Kier molecular flexibility index (Phi) is 5.89. The molecule has 0 aromatic heterocycles. The molecule has 26 heavy (non-hydrogen) atoms. The summed E-state index contributed by atoms with van der Waals surface area (Å²) in [5.74, 6) is -0.252. The number of amides is 1. The first-order chi connectivity index (χ1) is 12.5. The highest BCUT2D eigenvalue weighted by Gasteiger charge is 2.25. The van der Waals surface area contributed by atoms with Gasteiger partial charge in [0.2, 0.25) is 5.91 Å². The van der Waals surface area contributed by atoms with Crippen LogP contribution < -0.4 is 10.2 Å². The summed E-state index contributed by atoms with van der Waals surface area (Å²) in [5.41, 5.74) is 3.40. The Morgan fingerprint density at radius 2 is 1.65 bits per heavy atom. The zero-order chi connectivity index (χ0) is 18.5. The number of piperazine rings is 1. The molecular formula is C21H26FN3O. The third-order valence-corrected chi connectivity index (χ3v) is 5.02. The number of hydrogen-bond acceptors (Lipinski definition) is 3. The molecule has 1 N–H and O–H groups in total. The molecule has 0 radical (unpaired) electrons. The maximum atomic E-state index is 12.9. The second-order valence-corrected chi connectivity index (χ2v) is 6.88. The van der Waals surface area contributed by atoms with Crippen LogP contribution in [0.2, 0.25) is 0 Å². The molecule has 2 aromatic carbocycles. The van der Waals surface area contributed by atoms with Gasteiger partial charge in [0.15, 0.2) is 0 Å². The fraction of sp³-hybridized carbons (Fsp3) is 0.381. The normalized spacial score (nSPS) is 16.3. The van der Waals surface area contributed by atoms with E-state index in [9.17, 15) is 9.18 Å². The van der Waals surface area contributed by atoms with Crippen LogP contribution in [0.1, 0.15) is 18.1 Å². The lowest BCUT2D eigenvalue weighted by Crippen LogP contribution is -2.53. The number of benzene rings is 2. The Morgan fingerprint density at radius 1 is 1.04 bits per heavy atom. The summed E-state index contributed by atoms with van der Waals surface area (Å²) < 4.78 is 12.9. The molecule has 1 heterocycles. The van der Waals surface area contributed by atoms with Crippen LogP contribution in [0.5, 0.6) is 0 Å². The van der Waals surface area contributed by atoms with Gasteiger partial charge in [-0.3, -0.25) is 9.69 Å². The minimum absolute atomic E-state index is 0.0121. The van der Waals surface area contributed by atoms with Crippen LogP contribution in [0.25, 0.3) is 0 Å². The molecule has 1 saturated heterocycles. The van der Waals surface area contributed by atoms with Gasteiger partial charge < -0.3 is 10.2 Å². The van der Waals surface area contributed by atoms with E-state index in [1.54, 1.807) is 12.1 Å². The molecule has 1 fully saturated rings. The van der Waals surface area contributed by atoms with Gasteiger partial charge in [0.25, 0.3) is 0 Å². The molecule has 1 amide bonds. The summed E-state index contributed by atoms with van der Waals surface area (Å²) in [6.07, 6.45) is 0. The number of rotatable bonds is 5. The predicted octanol–water partition coefficient (Wildman–Crippen LogP) is 2.96. The molecule has 138 valence electrons. The third kappa shape index (κ3) is 4.61. The smallest absolute Gasteiger partial charge is 0.237 e. The van der Waals surface area contributed by atoms with Crippen LogP contribution in [-0.2, 0) is 11.3 Å². The number of carbonyl (C=O) groups is 1. The molecule has 0 aliphatic carbocycles. The second-order valence-electron chi connectivity index (χ2n) is 6.88. The monoisotopic (exact) mass is 355 g/mol. The van der Waals surface area contributed by atoms with E-state index in [4.69, 9.17) is 0 Å². The van der Waals surface area contributed by atoms with Crippen molar-refractivity contribution in [1.29, 1.82) is 0 Å². The van der Waals surface area contributed by atoms with Crippen LogP contribution in [0.3, 0.4) is 0 Å². The summed E-state index contributed by atoms with van der Waals surface area (Å²) >= 11 is 0. The largest absolute Gasteiger partial charge is 0.369 e. The topological polar surface area (TPSA) is 35.6 Å². The molecule has 5 heteroatoms. The number of halogens is 1. The Bertz CT molecular complexity index is 722. The molecule has 1 aliphatic heterocycles. The van der Waals surface area contributed by atoms with E-state index in [1.165, 1.54) is 23.4 Å². The molecule has 1 unspecified atom stereocenters. The van der Waals surface area contributed by atoms with Gasteiger partial charge in [-0.15, -0.1) is 0 Å². The molecule has 0 bridgehead atoms. The summed E-state index contributed by atoms with van der Waals surface area (Å²) in [4.78, 5) is 17.0. The van der Waals surface area contributed by atoms with Crippen molar-refractivity contribution in [2.75, 3.05) is 31.1 Å². The van der Waals surface area contributed by atoms with Crippen molar-refractivity contribution in [1.82, 2.24) is 10.2 Å². The van der Waals surface area contributed by atoms with E-state index in [0.29, 0.717) is 6.54 Å². The Hall–Kier alpha value is -2.40. The molecule has 1 atom stereocenters. The van der Waals surface area contributed by atoms with Gasteiger partial charge >= 0.3 is 0 Å². The highest BCUT2D eigenvalue weighted by Crippen LogP contribution is 2.18. The van der Waals surface area contributed by atoms with Crippen molar-refractivity contribution in [3.05, 3.63) is 65.5 Å². The minimum atomic E-state index is -0.264. The van der Waals surface area contributed by atoms with E-state index in [1.807, 2.05) is 6.92 Å². The van der Waals surface area contributed by atoms with Gasteiger partial charge in [-0.2, -0.15) is 0 Å². The van der Waals surface area contributed by atoms with Gasteiger partial charge in [-0.1, -0.05) is 29.8 Å². The van der Waals surface area contributed by atoms with Crippen molar-refractivity contribution in [2.45, 2.75) is 26.4 Å². The first-order valence-electron chi connectivity index (χ1n) is 9.11. The molecule has 4 nitrogen and oxygen atoms in total. The maximum Gasteiger partial charge on any atom is 0.237 e. The summed E-state index contributed by atoms with van der Waals surface area (Å²) in [6, 6.07) is 14.6. The van der Waals surface area contributed by atoms with Gasteiger partial charge in [0.1, 0.15) is 5.82 Å². The van der Waals surface area contributed by atoms with E-state index < -0.39 is 0 Å². The highest BCUT2D eigenvalue weighted by molar-refractivity contribution is 5.81. The standard InChI is InChI=1S/C21H26FN3O/c1-16-3-9-20(10-4-16)25-13-11-24(12-14-25)17(2)21(26)23-15-18-5-7-19(22)8-6-18/h3-10,17H,11-15H2,1-2H3,(H,23,26). The van der Waals surface area contributed by atoms with Crippen LogP contribution in [-0.4, -0.2) is 43.0 Å². The highest BCUT2D eigenvalue weighted by atomic mass is 19.1. The van der Waals surface area contributed by atoms with E-state index in [2.05, 4.69) is 46.3 Å². The maximum absolute atomic E-state index is 12.9. The van der Waals surface area contributed by atoms with Crippen LogP contribution in [0.15, 0.2) is 48.5 Å². The minimum Gasteiger partial charge on any atom is -0.369 e. The summed E-state index contributed by atoms with van der Waals surface area (Å²) in [6.45, 7) is 8.01. The number of hydrogen-bond donors (Lipinski definition) is 1. The third-order valence-electron chi connectivity index (χ3n) is 5.02. The summed E-state index contributed by atoms with van der Waals surface area (Å²) in [7, 11) is 0. The fourth-order valence-corrected chi connectivity index (χ4v) is 3.23. The van der Waals surface area contributed by atoms with Crippen LogP contribution >= 0.6 is 0 Å². The van der Waals surface area contributed by atoms with Crippen molar-refractivity contribution >= 4 is 11.6 Å². The Morgan fingerprint density at radius 3 is 2.27 bits per heavy atom. The van der Waals surface area contributed by atoms with Crippen molar-refractivity contribution < 1.29 is 9.18 Å². The van der Waals surface area contributed by atoms with Crippen LogP contribution in [0, 0.1) is 12.7 Å². The predicted molar refractivity (Wildman–Crippen MR) is 103 cm³/mol. The molecule has 0 spiro atoms. The molecule has 0 saturated carbocycles. The molecular weight excluding hydrogens is 329 g/mol. The lowest BCUT2D eigenvalue weighted by molar-refractivity contribution is -0.126. The molecule has 1 aliphatic rings. The van der Waals surface area contributed by atoms with E-state index in [-0.39, 0.29) is 17.8 Å². The van der Waals surface area contributed by atoms with Crippen molar-refractivity contribution in [3.8, 4) is 0 Å². The van der Waals surface area contributed by atoms with Gasteiger partial charge in [-0.05, 0) is 43.7 Å². The number of aryl methyl sites for hydroxylation is 1. The Labute approximate surface area is 154 Å². The van der Waals surface area contributed by atoms with Crippen LogP contribution in [0.4, 0.5) is 10.1 Å². The number of carbonyl (C=O) groups excluding carboxylic acids is 1. The van der Waals surface area contributed by atoms with Crippen molar-refractivity contribution in [3.63, 3.8) is 0 Å². The van der Waals surface area contributed by atoms with E-state index >= 15 is 0 Å². The SMILES string of the molecule is Cc1ccc(N2CCN(C(C)C(=O)NCc3ccc(F)cc3)CC2)cc1.